The Bertz CT molecular complexity index is 1320. The topological polar surface area (TPSA) is 113 Å². The monoisotopic (exact) mass is 443 g/mol. The van der Waals surface area contributed by atoms with Crippen LogP contribution in [0, 0.1) is 0 Å². The first-order chi connectivity index (χ1) is 15.8. The van der Waals surface area contributed by atoms with Crippen LogP contribution in [0.5, 0.6) is 0 Å². The Morgan fingerprint density at radius 2 is 1.88 bits per heavy atom. The van der Waals surface area contributed by atoms with E-state index in [0.29, 0.717) is 17.9 Å². The van der Waals surface area contributed by atoms with Crippen LogP contribution in [-0.4, -0.2) is 45.0 Å². The summed E-state index contributed by atoms with van der Waals surface area (Å²) in [5, 5.41) is 9.83. The molecule has 0 aliphatic carbocycles. The van der Waals surface area contributed by atoms with E-state index in [-0.39, 0.29) is 0 Å². The molecule has 0 aliphatic rings. The molecule has 0 aliphatic heterocycles. The fourth-order valence-corrected chi connectivity index (χ4v) is 4.33. The maximum Gasteiger partial charge on any atom is 0.191 e. The third-order valence-electron chi connectivity index (χ3n) is 5.02. The van der Waals surface area contributed by atoms with E-state index in [4.69, 9.17) is 5.73 Å². The number of fused-ring (bicyclic) bond motifs is 1. The van der Waals surface area contributed by atoms with E-state index in [9.17, 15) is 0 Å². The number of nitrogens with zero attached hydrogens (tertiary/aromatic N) is 8. The summed E-state index contributed by atoms with van der Waals surface area (Å²) in [6.07, 6.45) is 7.73. The number of imidazole rings is 1. The lowest BCUT2D eigenvalue weighted by atomic mass is 10.2. The quantitative estimate of drug-likeness (QED) is 0.287. The van der Waals surface area contributed by atoms with Gasteiger partial charge in [-0.3, -0.25) is 9.55 Å². The summed E-state index contributed by atoms with van der Waals surface area (Å²) in [5.41, 5.74) is 9.42. The summed E-state index contributed by atoms with van der Waals surface area (Å²) >= 11 is 1.69. The van der Waals surface area contributed by atoms with Crippen molar-refractivity contribution in [2.24, 2.45) is 0 Å². The largest absolute Gasteiger partial charge is 0.382 e. The molecule has 0 bridgehead atoms. The highest BCUT2D eigenvalue weighted by atomic mass is 32.2. The van der Waals surface area contributed by atoms with Crippen LogP contribution in [0.3, 0.4) is 0 Å². The van der Waals surface area contributed by atoms with Crippen LogP contribution in [0.15, 0.2) is 72.7 Å². The lowest BCUT2D eigenvalue weighted by molar-refractivity contribution is 0.689. The predicted molar refractivity (Wildman–Crippen MR) is 124 cm³/mol. The second kappa shape index (κ2) is 9.15. The summed E-state index contributed by atoms with van der Waals surface area (Å²) < 4.78 is 4.15. The summed E-state index contributed by atoms with van der Waals surface area (Å²) in [6.45, 7) is 1.48. The highest BCUT2D eigenvalue weighted by Crippen LogP contribution is 2.25. The predicted octanol–water partition coefficient (Wildman–Crippen LogP) is 3.29. The molecule has 9 nitrogen and oxygen atoms in total. The minimum atomic E-state index is 0.403. The van der Waals surface area contributed by atoms with Gasteiger partial charge in [-0.15, -0.1) is 10.2 Å². The van der Waals surface area contributed by atoms with Gasteiger partial charge >= 0.3 is 0 Å². The summed E-state index contributed by atoms with van der Waals surface area (Å²) in [4.78, 5) is 16.9. The maximum absolute atomic E-state index is 5.88. The van der Waals surface area contributed by atoms with E-state index in [2.05, 4.69) is 46.8 Å². The fourth-order valence-electron chi connectivity index (χ4n) is 3.47. The lowest BCUT2D eigenvalue weighted by Crippen LogP contribution is -2.05. The number of aryl methyl sites for hydroxylation is 1. The molecule has 5 rings (SSSR count). The molecule has 0 saturated heterocycles. The molecule has 4 aromatic heterocycles. The van der Waals surface area contributed by atoms with Crippen molar-refractivity contribution in [2.45, 2.75) is 24.7 Å². The summed E-state index contributed by atoms with van der Waals surface area (Å²) in [6, 6.07) is 14.2. The van der Waals surface area contributed by atoms with Gasteiger partial charge in [0, 0.05) is 30.3 Å². The van der Waals surface area contributed by atoms with Gasteiger partial charge in [0.15, 0.2) is 22.4 Å². The number of pyridine rings is 1. The standard InChI is InChI=1S/C22H21N9S/c23-19-18-21(26-14-25-19)30(15-27-18)10-5-11-32-22-29-28-20(17-8-4-9-24-12-17)31(22)13-16-6-2-1-3-7-16/h1-4,6-9,12,14-15H,5,10-11,13H2,(H2,23,25,26). The van der Waals surface area contributed by atoms with Gasteiger partial charge in [0.25, 0.3) is 0 Å². The summed E-state index contributed by atoms with van der Waals surface area (Å²) in [7, 11) is 0. The first kappa shape index (κ1) is 20.1. The van der Waals surface area contributed by atoms with Crippen molar-refractivity contribution < 1.29 is 0 Å². The number of hydrogen-bond acceptors (Lipinski definition) is 8. The average Bonchev–Trinajstić information content (AvgIpc) is 3.43. The van der Waals surface area contributed by atoms with Crippen LogP contribution < -0.4 is 5.73 Å². The molecule has 10 heteroatoms. The number of thioether (sulfide) groups is 1. The van der Waals surface area contributed by atoms with E-state index in [0.717, 1.165) is 40.9 Å². The Labute approximate surface area is 188 Å². The Kier molecular flexibility index (Phi) is 5.75. The minimum absolute atomic E-state index is 0.403. The van der Waals surface area contributed by atoms with Crippen LogP contribution in [-0.2, 0) is 13.1 Å². The molecule has 1 aromatic carbocycles. The second-order valence-corrected chi connectivity index (χ2v) is 8.25. The molecule has 0 saturated carbocycles. The first-order valence-corrected chi connectivity index (χ1v) is 11.2. The van der Waals surface area contributed by atoms with Crippen molar-refractivity contribution in [2.75, 3.05) is 11.5 Å². The zero-order valence-electron chi connectivity index (χ0n) is 17.2. The lowest BCUT2D eigenvalue weighted by Gasteiger charge is -2.10. The number of anilines is 1. The third-order valence-corrected chi connectivity index (χ3v) is 6.08. The molecule has 0 atom stereocenters. The van der Waals surface area contributed by atoms with Crippen LogP contribution in [0.25, 0.3) is 22.6 Å². The van der Waals surface area contributed by atoms with Crippen LogP contribution in [0.2, 0.25) is 0 Å². The Hall–Kier alpha value is -3.79. The molecule has 32 heavy (non-hydrogen) atoms. The van der Waals surface area contributed by atoms with Crippen molar-refractivity contribution in [1.82, 2.24) is 39.3 Å². The zero-order valence-corrected chi connectivity index (χ0v) is 18.1. The number of aromatic nitrogens is 8. The van der Waals surface area contributed by atoms with Gasteiger partial charge in [0.2, 0.25) is 0 Å². The van der Waals surface area contributed by atoms with Crippen molar-refractivity contribution in [3.8, 4) is 11.4 Å². The molecule has 0 radical (unpaired) electrons. The molecular weight excluding hydrogens is 422 g/mol. The molecule has 5 aromatic rings. The smallest absolute Gasteiger partial charge is 0.191 e. The Morgan fingerprint density at radius 1 is 0.969 bits per heavy atom. The molecular formula is C22H21N9S. The van der Waals surface area contributed by atoms with Gasteiger partial charge in [-0.1, -0.05) is 42.1 Å². The molecule has 0 unspecified atom stereocenters. The second-order valence-electron chi connectivity index (χ2n) is 7.19. The SMILES string of the molecule is Nc1ncnc2c1ncn2CCCSc1nnc(-c2cccnc2)n1Cc1ccccc1. The number of nitrogen functional groups attached to an aromatic ring is 1. The Morgan fingerprint density at radius 3 is 2.72 bits per heavy atom. The van der Waals surface area contributed by atoms with Gasteiger partial charge in [-0.05, 0) is 24.1 Å². The van der Waals surface area contributed by atoms with Gasteiger partial charge in [-0.2, -0.15) is 0 Å². The molecule has 0 fully saturated rings. The average molecular weight is 444 g/mol. The van der Waals surface area contributed by atoms with Crippen LogP contribution >= 0.6 is 11.8 Å². The van der Waals surface area contributed by atoms with E-state index in [1.807, 2.05) is 41.1 Å². The van der Waals surface area contributed by atoms with Gasteiger partial charge in [-0.25, -0.2) is 15.0 Å². The molecule has 160 valence electrons. The third kappa shape index (κ3) is 4.17. The van der Waals surface area contributed by atoms with Gasteiger partial charge < -0.3 is 10.3 Å². The van der Waals surface area contributed by atoms with E-state index >= 15 is 0 Å². The van der Waals surface area contributed by atoms with Crippen molar-refractivity contribution >= 4 is 28.7 Å². The van der Waals surface area contributed by atoms with E-state index in [1.54, 1.807) is 24.3 Å². The van der Waals surface area contributed by atoms with Gasteiger partial charge in [0.05, 0.1) is 12.9 Å². The number of benzene rings is 1. The van der Waals surface area contributed by atoms with Crippen LogP contribution in [0.1, 0.15) is 12.0 Å². The van der Waals surface area contributed by atoms with Crippen molar-refractivity contribution in [1.29, 1.82) is 0 Å². The van der Waals surface area contributed by atoms with E-state index < -0.39 is 0 Å². The number of rotatable bonds is 8. The first-order valence-electron chi connectivity index (χ1n) is 10.2. The fraction of sp³-hybridized carbons (Fsp3) is 0.182. The minimum Gasteiger partial charge on any atom is -0.382 e. The van der Waals surface area contributed by atoms with Gasteiger partial charge in [0.1, 0.15) is 11.8 Å². The normalized spacial score (nSPS) is 11.2. The van der Waals surface area contributed by atoms with E-state index in [1.165, 1.54) is 11.9 Å². The number of hydrogen-bond donors (Lipinski definition) is 1. The summed E-state index contributed by atoms with van der Waals surface area (Å²) in [5.74, 6) is 2.09. The maximum atomic E-state index is 5.88. The molecule has 4 heterocycles. The molecule has 0 spiro atoms. The highest BCUT2D eigenvalue weighted by Gasteiger charge is 2.15. The molecule has 0 amide bonds. The number of nitrogens with two attached hydrogens (primary N) is 1. The highest BCUT2D eigenvalue weighted by molar-refractivity contribution is 7.99. The Balaban J connectivity index is 1.31. The van der Waals surface area contributed by atoms with Crippen LogP contribution in [0.4, 0.5) is 5.82 Å². The zero-order chi connectivity index (χ0) is 21.8. The molecule has 2 N–H and O–H groups in total. The van der Waals surface area contributed by atoms with Crippen molar-refractivity contribution in [3.05, 3.63) is 73.1 Å². The van der Waals surface area contributed by atoms with Crippen molar-refractivity contribution in [3.63, 3.8) is 0 Å².